The van der Waals surface area contributed by atoms with Crippen LogP contribution >= 0.6 is 46.3 Å². The van der Waals surface area contributed by atoms with E-state index in [-0.39, 0.29) is 58.8 Å². The highest BCUT2D eigenvalue weighted by atomic mass is 35.5. The number of thioether (sulfide) groups is 1. The highest BCUT2D eigenvalue weighted by molar-refractivity contribution is 8.00. The van der Waals surface area contributed by atoms with Crippen LogP contribution in [0.25, 0.3) is 0 Å². The van der Waals surface area contributed by atoms with Gasteiger partial charge in [0.1, 0.15) is 5.75 Å². The van der Waals surface area contributed by atoms with Crippen molar-refractivity contribution in [3.8, 4) is 5.75 Å². The quantitative estimate of drug-likeness (QED) is 0.152. The molecule has 256 valence electrons. The van der Waals surface area contributed by atoms with Gasteiger partial charge in [0.15, 0.2) is 6.61 Å². The lowest BCUT2D eigenvalue weighted by molar-refractivity contribution is -0.123. The first-order chi connectivity index (χ1) is 24.1. The van der Waals surface area contributed by atoms with Crippen LogP contribution in [0.15, 0.2) is 76.6 Å². The van der Waals surface area contributed by atoms with E-state index in [2.05, 4.69) is 10.3 Å². The molecule has 2 bridgehead atoms. The van der Waals surface area contributed by atoms with Crippen molar-refractivity contribution >= 4 is 81.4 Å². The van der Waals surface area contributed by atoms with Crippen molar-refractivity contribution in [2.45, 2.75) is 29.5 Å². The summed E-state index contributed by atoms with van der Waals surface area (Å²) in [5, 5.41) is 4.20. The molecule has 1 saturated heterocycles. The molecule has 0 spiro atoms. The molecule has 2 aliphatic carbocycles. The smallest absolute Gasteiger partial charge is 0.338 e. The SMILES string of the molecule is CCOC(=O)c1ccc(N2C(=O)[C@H]3[C@H]4C[C@@H]([C@@H]3C2=O)[C@@H]2[C@H](c3ccccc3OCC(=O)Nc3ccc(Cl)c(Cl)c3)c3sc(=O)[nH]c3S[C@H]42)cc1. The van der Waals surface area contributed by atoms with E-state index >= 15 is 0 Å². The van der Waals surface area contributed by atoms with E-state index in [1.165, 1.54) is 4.90 Å². The first-order valence-corrected chi connectivity index (χ1v) is 18.6. The topological polar surface area (TPSA) is 135 Å². The molecule has 0 radical (unpaired) electrons. The van der Waals surface area contributed by atoms with Gasteiger partial charge in [-0.1, -0.05) is 52.7 Å². The Bertz CT molecular complexity index is 2120. The lowest BCUT2D eigenvalue weighted by atomic mass is 9.68. The number of esters is 1. The summed E-state index contributed by atoms with van der Waals surface area (Å²) >= 11 is 14.9. The number of ether oxygens (including phenoxy) is 2. The van der Waals surface area contributed by atoms with Gasteiger partial charge in [0, 0.05) is 27.3 Å². The fourth-order valence-corrected chi connectivity index (χ4v) is 11.5. The number of rotatable bonds is 8. The number of thiazole rings is 1. The number of anilines is 2. The van der Waals surface area contributed by atoms with Crippen molar-refractivity contribution in [2.24, 2.45) is 29.6 Å². The van der Waals surface area contributed by atoms with Gasteiger partial charge in [-0.3, -0.25) is 24.1 Å². The van der Waals surface area contributed by atoms with E-state index < -0.39 is 23.7 Å². The predicted octanol–water partition coefficient (Wildman–Crippen LogP) is 6.62. The first-order valence-electron chi connectivity index (χ1n) is 16.2. The van der Waals surface area contributed by atoms with E-state index in [0.29, 0.717) is 32.7 Å². The Hall–Kier alpha value is -4.10. The third-order valence-electron chi connectivity index (χ3n) is 10.2. The summed E-state index contributed by atoms with van der Waals surface area (Å²) in [6, 6.07) is 18.6. The maximum Gasteiger partial charge on any atom is 0.338 e. The van der Waals surface area contributed by atoms with Gasteiger partial charge in [-0.05, 0) is 79.6 Å². The fourth-order valence-electron chi connectivity index (χ4n) is 8.36. The van der Waals surface area contributed by atoms with Gasteiger partial charge >= 0.3 is 10.8 Å². The molecule has 7 atom stereocenters. The molecular weight excluding hydrogens is 721 g/mol. The van der Waals surface area contributed by atoms with Crippen LogP contribution in [0.4, 0.5) is 11.4 Å². The average molecular weight is 751 g/mol. The Balaban J connectivity index is 1.09. The normalized spacial score (nSPS) is 26.0. The number of carbonyl (C=O) groups is 4. The number of amides is 3. The van der Waals surface area contributed by atoms with Crippen molar-refractivity contribution in [2.75, 3.05) is 23.4 Å². The molecule has 50 heavy (non-hydrogen) atoms. The maximum atomic E-state index is 14.2. The number of aromatic nitrogens is 1. The molecule has 3 heterocycles. The molecule has 1 aromatic heterocycles. The molecule has 2 aliphatic heterocycles. The van der Waals surface area contributed by atoms with Gasteiger partial charge in [0.25, 0.3) is 5.91 Å². The van der Waals surface area contributed by atoms with Crippen molar-refractivity contribution in [3.05, 3.63) is 102 Å². The zero-order chi connectivity index (χ0) is 34.8. The Kier molecular flexibility index (Phi) is 8.53. The molecule has 2 saturated carbocycles. The number of imide groups is 1. The van der Waals surface area contributed by atoms with Crippen LogP contribution in [0.3, 0.4) is 0 Å². The Morgan fingerprint density at radius 2 is 1.70 bits per heavy atom. The summed E-state index contributed by atoms with van der Waals surface area (Å²) in [5.41, 5.74) is 2.06. The van der Waals surface area contributed by atoms with Gasteiger partial charge < -0.3 is 19.8 Å². The second kappa shape index (κ2) is 12.9. The summed E-state index contributed by atoms with van der Waals surface area (Å²) in [5.74, 6) is -2.39. The number of fused-ring (bicyclic) bond motifs is 9. The van der Waals surface area contributed by atoms with Crippen molar-refractivity contribution < 1.29 is 28.7 Å². The van der Waals surface area contributed by atoms with E-state index in [9.17, 15) is 24.0 Å². The van der Waals surface area contributed by atoms with Crippen molar-refractivity contribution in [1.82, 2.24) is 4.98 Å². The van der Waals surface area contributed by atoms with Gasteiger partial charge in [0.05, 0.1) is 44.8 Å². The van der Waals surface area contributed by atoms with Crippen LogP contribution in [0.2, 0.25) is 10.0 Å². The van der Waals surface area contributed by atoms with Gasteiger partial charge in [0.2, 0.25) is 11.8 Å². The second-order valence-electron chi connectivity index (χ2n) is 12.7. The molecule has 2 N–H and O–H groups in total. The molecule has 4 aromatic rings. The number of hydrogen-bond donors (Lipinski definition) is 2. The molecule has 4 aliphatic rings. The van der Waals surface area contributed by atoms with Crippen molar-refractivity contribution in [3.63, 3.8) is 0 Å². The minimum Gasteiger partial charge on any atom is -0.483 e. The van der Waals surface area contributed by atoms with Crippen LogP contribution in [-0.2, 0) is 19.1 Å². The zero-order valence-corrected chi connectivity index (χ0v) is 29.5. The number of nitrogens with zero attached hydrogens (tertiary/aromatic N) is 1. The Morgan fingerprint density at radius 3 is 2.44 bits per heavy atom. The highest BCUT2D eigenvalue weighted by Crippen LogP contribution is 2.69. The molecule has 14 heteroatoms. The summed E-state index contributed by atoms with van der Waals surface area (Å²) in [4.78, 5) is 71.1. The van der Waals surface area contributed by atoms with E-state index in [4.69, 9.17) is 32.7 Å². The van der Waals surface area contributed by atoms with E-state index in [1.807, 2.05) is 18.2 Å². The van der Waals surface area contributed by atoms with Crippen molar-refractivity contribution in [1.29, 1.82) is 0 Å². The van der Waals surface area contributed by atoms with Crippen LogP contribution in [0.1, 0.15) is 40.1 Å². The first kappa shape index (κ1) is 33.1. The fraction of sp³-hybridized carbons (Fsp3) is 0.306. The zero-order valence-electron chi connectivity index (χ0n) is 26.4. The number of benzene rings is 3. The van der Waals surface area contributed by atoms with Crippen LogP contribution in [0.5, 0.6) is 5.75 Å². The average Bonchev–Trinajstić information content (AvgIpc) is 3.84. The lowest BCUT2D eigenvalue weighted by Gasteiger charge is -2.43. The summed E-state index contributed by atoms with van der Waals surface area (Å²) < 4.78 is 11.2. The minimum atomic E-state index is -0.510. The van der Waals surface area contributed by atoms with Crippen LogP contribution in [-0.4, -0.2) is 47.1 Å². The van der Waals surface area contributed by atoms with E-state index in [0.717, 1.165) is 33.2 Å². The third-order valence-corrected chi connectivity index (χ3v) is 13.5. The number of hydrogen-bond acceptors (Lipinski definition) is 9. The molecule has 10 nitrogen and oxygen atoms in total. The lowest BCUT2D eigenvalue weighted by Crippen LogP contribution is -2.42. The number of nitrogens with one attached hydrogen (secondary N) is 2. The highest BCUT2D eigenvalue weighted by Gasteiger charge is 2.69. The van der Waals surface area contributed by atoms with Gasteiger partial charge in [-0.2, -0.15) is 0 Å². The maximum absolute atomic E-state index is 14.2. The Labute approximate surface area is 304 Å². The predicted molar refractivity (Wildman–Crippen MR) is 190 cm³/mol. The number of H-pyrrole nitrogens is 1. The standard InChI is InChI=1S/C36H29Cl2N3O7S2/c1-2-47-35(45)16-7-10-18(11-8-16)41-33(43)28-20-14-21(29(28)34(41)44)30-27(20)26(31-32(49-30)40-36(46)50-31)19-5-3-4-6-24(19)48-15-25(42)39-17-9-12-22(37)23(38)13-17/h3-13,20-21,26-30H,2,14-15H2,1H3,(H,39,42)(H,40,46)/t20-,21-,26+,27-,28+,29+,30-/m1/s1. The van der Waals surface area contributed by atoms with Crippen LogP contribution in [0, 0.1) is 29.6 Å². The minimum absolute atomic E-state index is 0.0297. The monoisotopic (exact) mass is 749 g/mol. The largest absolute Gasteiger partial charge is 0.483 e. The van der Waals surface area contributed by atoms with Gasteiger partial charge in [-0.15, -0.1) is 11.8 Å². The summed E-state index contributed by atoms with van der Waals surface area (Å²) in [7, 11) is 0. The molecule has 8 rings (SSSR count). The Morgan fingerprint density at radius 1 is 0.960 bits per heavy atom. The third kappa shape index (κ3) is 5.44. The second-order valence-corrected chi connectivity index (χ2v) is 15.8. The molecule has 3 aromatic carbocycles. The van der Waals surface area contributed by atoms with E-state index in [1.54, 1.807) is 67.2 Å². The number of carbonyl (C=O) groups excluding carboxylic acids is 4. The molecular formula is C36H29Cl2N3O7S2. The molecule has 3 fully saturated rings. The molecule has 3 amide bonds. The molecule has 0 unspecified atom stereocenters. The number of halogens is 2. The number of aromatic amines is 1. The summed E-state index contributed by atoms with van der Waals surface area (Å²) in [6.07, 6.45) is 0.718. The summed E-state index contributed by atoms with van der Waals surface area (Å²) in [6.45, 7) is 1.68. The van der Waals surface area contributed by atoms with Crippen LogP contribution < -0.4 is 19.8 Å². The van der Waals surface area contributed by atoms with Gasteiger partial charge in [-0.25, -0.2) is 4.79 Å². The number of para-hydroxylation sites is 1.